The van der Waals surface area contributed by atoms with E-state index in [1.165, 1.54) is 48.5 Å². The third-order valence-corrected chi connectivity index (χ3v) is 3.61. The van der Waals surface area contributed by atoms with Gasteiger partial charge >= 0.3 is 0 Å². The third kappa shape index (κ3) is 3.44. The van der Waals surface area contributed by atoms with Crippen LogP contribution in [0.3, 0.4) is 0 Å². The van der Waals surface area contributed by atoms with E-state index in [9.17, 15) is 19.3 Å². The van der Waals surface area contributed by atoms with Crippen molar-refractivity contribution < 1.29 is 18.8 Å². The summed E-state index contributed by atoms with van der Waals surface area (Å²) in [5, 5.41) is 16.0. The molecule has 2 aromatic carbocycles. The quantitative estimate of drug-likeness (QED) is 0.477. The molecule has 0 atom stereocenters. The minimum Gasteiger partial charge on any atom is -0.476 e. The van der Waals surface area contributed by atoms with Crippen LogP contribution in [0, 0.1) is 15.9 Å². The number of benzene rings is 2. The largest absolute Gasteiger partial charge is 0.476 e. The van der Waals surface area contributed by atoms with Gasteiger partial charge in [0, 0.05) is 12.1 Å². The van der Waals surface area contributed by atoms with Gasteiger partial charge < -0.3 is 4.74 Å². The lowest BCUT2D eigenvalue weighted by Gasteiger charge is -2.10. The predicted molar refractivity (Wildman–Crippen MR) is 94.0 cm³/mol. The molecule has 7 nitrogen and oxygen atoms in total. The molecule has 0 bridgehead atoms. The molecule has 8 heteroatoms. The Labute approximate surface area is 148 Å². The highest BCUT2D eigenvalue weighted by Crippen LogP contribution is 2.27. The zero-order valence-electron chi connectivity index (χ0n) is 13.8. The highest BCUT2D eigenvalue weighted by molar-refractivity contribution is 6.30. The maximum Gasteiger partial charge on any atom is 0.284 e. The van der Waals surface area contributed by atoms with Gasteiger partial charge in [-0.2, -0.15) is 5.01 Å². The summed E-state index contributed by atoms with van der Waals surface area (Å²) in [4.78, 5) is 23.0. The van der Waals surface area contributed by atoms with E-state index in [-0.39, 0.29) is 23.0 Å². The summed E-state index contributed by atoms with van der Waals surface area (Å²) in [6.07, 6.45) is 1.56. The van der Waals surface area contributed by atoms with Gasteiger partial charge in [-0.05, 0) is 42.8 Å². The number of hydrogen-bond donors (Lipinski definition) is 0. The summed E-state index contributed by atoms with van der Waals surface area (Å²) in [6.45, 7) is 2.07. The average molecular weight is 355 g/mol. The van der Waals surface area contributed by atoms with Gasteiger partial charge in [-0.3, -0.25) is 14.9 Å². The number of carbonyl (C=O) groups excluding carboxylic acids is 1. The number of hydrazone groups is 1. The Morgan fingerprint density at radius 2 is 1.85 bits per heavy atom. The van der Waals surface area contributed by atoms with Crippen LogP contribution in [0.2, 0.25) is 0 Å². The van der Waals surface area contributed by atoms with Gasteiger partial charge in [-0.1, -0.05) is 12.1 Å². The van der Waals surface area contributed by atoms with Gasteiger partial charge in [0.1, 0.15) is 11.4 Å². The number of nitro groups is 1. The highest BCUT2D eigenvalue weighted by Gasteiger charge is 2.32. The molecule has 0 radical (unpaired) electrons. The number of carbonyl (C=O) groups is 1. The summed E-state index contributed by atoms with van der Waals surface area (Å²) < 4.78 is 18.5. The fraction of sp³-hybridized carbons (Fsp3) is 0.111. The Morgan fingerprint density at radius 3 is 2.42 bits per heavy atom. The number of non-ortho nitro benzene ring substituents is 1. The van der Waals surface area contributed by atoms with Crippen LogP contribution in [0.1, 0.15) is 12.5 Å². The molecule has 0 spiro atoms. The predicted octanol–water partition coefficient (Wildman–Crippen LogP) is 3.51. The fourth-order valence-corrected chi connectivity index (χ4v) is 2.38. The molecule has 1 amide bonds. The first kappa shape index (κ1) is 17.3. The second kappa shape index (κ2) is 7.14. The molecular formula is C18H14FN3O4. The fourth-order valence-electron chi connectivity index (χ4n) is 2.38. The number of nitro benzene ring substituents is 1. The smallest absolute Gasteiger partial charge is 0.284 e. The molecule has 1 heterocycles. The van der Waals surface area contributed by atoms with E-state index in [1.807, 2.05) is 0 Å². The van der Waals surface area contributed by atoms with E-state index < -0.39 is 10.8 Å². The minimum atomic E-state index is -0.523. The number of halogens is 1. The van der Waals surface area contributed by atoms with E-state index in [0.717, 1.165) is 5.01 Å². The lowest BCUT2D eigenvalue weighted by molar-refractivity contribution is -0.384. The zero-order chi connectivity index (χ0) is 18.7. The Morgan fingerprint density at radius 1 is 1.19 bits per heavy atom. The number of ether oxygens (including phenoxy) is 1. The molecule has 0 N–H and O–H groups in total. The normalized spacial score (nSPS) is 15.3. The lowest BCUT2D eigenvalue weighted by Crippen LogP contribution is -2.21. The van der Waals surface area contributed by atoms with Crippen molar-refractivity contribution in [2.45, 2.75) is 6.92 Å². The van der Waals surface area contributed by atoms with Gasteiger partial charge in [-0.15, -0.1) is 5.10 Å². The maximum absolute atomic E-state index is 13.1. The van der Waals surface area contributed by atoms with E-state index in [2.05, 4.69) is 5.10 Å². The summed E-state index contributed by atoms with van der Waals surface area (Å²) >= 11 is 0. The van der Waals surface area contributed by atoms with Crippen LogP contribution in [0.25, 0.3) is 6.08 Å². The monoisotopic (exact) mass is 355 g/mol. The van der Waals surface area contributed by atoms with Crippen molar-refractivity contribution in [3.8, 4) is 0 Å². The van der Waals surface area contributed by atoms with Crippen molar-refractivity contribution in [2.75, 3.05) is 11.6 Å². The first-order valence-electron chi connectivity index (χ1n) is 7.77. The summed E-state index contributed by atoms with van der Waals surface area (Å²) in [5.41, 5.74) is 1.13. The van der Waals surface area contributed by atoms with Crippen molar-refractivity contribution in [1.82, 2.24) is 0 Å². The molecule has 0 saturated heterocycles. The molecule has 0 unspecified atom stereocenters. The highest BCUT2D eigenvalue weighted by atomic mass is 19.1. The number of amides is 1. The van der Waals surface area contributed by atoms with E-state index in [0.29, 0.717) is 17.9 Å². The second-order valence-corrected chi connectivity index (χ2v) is 5.34. The number of rotatable bonds is 4. The van der Waals surface area contributed by atoms with E-state index in [1.54, 1.807) is 13.0 Å². The van der Waals surface area contributed by atoms with Crippen molar-refractivity contribution in [3.63, 3.8) is 0 Å². The Kier molecular flexibility index (Phi) is 4.74. The van der Waals surface area contributed by atoms with Crippen molar-refractivity contribution in [2.24, 2.45) is 5.10 Å². The minimum absolute atomic E-state index is 0.0866. The number of hydrogen-bond acceptors (Lipinski definition) is 5. The Bertz CT molecular complexity index is 905. The Hall–Kier alpha value is -3.55. The molecular weight excluding hydrogens is 341 g/mol. The number of nitrogens with zero attached hydrogens (tertiary/aromatic N) is 3. The third-order valence-electron chi connectivity index (χ3n) is 3.61. The van der Waals surface area contributed by atoms with Crippen LogP contribution in [0.4, 0.5) is 15.8 Å². The van der Waals surface area contributed by atoms with Crippen molar-refractivity contribution in [3.05, 3.63) is 75.6 Å². The molecule has 2 aromatic rings. The van der Waals surface area contributed by atoms with E-state index in [4.69, 9.17) is 4.74 Å². The van der Waals surface area contributed by atoms with Gasteiger partial charge in [0.15, 0.2) is 0 Å². The molecule has 0 fully saturated rings. The summed E-state index contributed by atoms with van der Waals surface area (Å²) in [6, 6.07) is 11.1. The summed E-state index contributed by atoms with van der Waals surface area (Å²) in [7, 11) is 0. The first-order valence-corrected chi connectivity index (χ1v) is 7.77. The van der Waals surface area contributed by atoms with Crippen molar-refractivity contribution >= 4 is 29.3 Å². The van der Waals surface area contributed by atoms with Crippen LogP contribution in [-0.4, -0.2) is 23.3 Å². The molecule has 0 aromatic heterocycles. The summed E-state index contributed by atoms with van der Waals surface area (Å²) in [5.74, 6) is -0.678. The molecule has 0 saturated carbocycles. The van der Waals surface area contributed by atoms with Crippen LogP contribution < -0.4 is 5.01 Å². The molecule has 3 rings (SSSR count). The lowest BCUT2D eigenvalue weighted by atomic mass is 10.1. The van der Waals surface area contributed by atoms with Crippen molar-refractivity contribution in [1.29, 1.82) is 0 Å². The molecule has 0 aliphatic carbocycles. The maximum atomic E-state index is 13.1. The topological polar surface area (TPSA) is 85.0 Å². The van der Waals surface area contributed by atoms with Gasteiger partial charge in [0.05, 0.1) is 17.2 Å². The van der Waals surface area contributed by atoms with E-state index >= 15 is 0 Å². The van der Waals surface area contributed by atoms with Gasteiger partial charge in [0.2, 0.25) is 5.90 Å². The Balaban J connectivity index is 1.95. The molecule has 1 aliphatic rings. The standard InChI is InChI=1S/C18H14FN3O4/c1-2-26-17-16(11-12-3-5-13(19)6-4-12)18(23)21(20-17)14-7-9-15(10-8-14)22(24)25/h3-11H,2H2,1H3/b16-11+. The van der Waals surface area contributed by atoms with Gasteiger partial charge in [-0.25, -0.2) is 4.39 Å². The molecule has 1 aliphatic heterocycles. The van der Waals surface area contributed by atoms with Crippen LogP contribution in [0.5, 0.6) is 0 Å². The average Bonchev–Trinajstić information content (AvgIpc) is 2.93. The van der Waals surface area contributed by atoms with Crippen LogP contribution in [-0.2, 0) is 9.53 Å². The number of anilines is 1. The first-order chi connectivity index (χ1) is 12.5. The molecule has 26 heavy (non-hydrogen) atoms. The SMILES string of the molecule is CCOC1=NN(c2ccc([N+](=O)[O-])cc2)C(=O)/C1=C/c1ccc(F)cc1. The second-order valence-electron chi connectivity index (χ2n) is 5.34. The van der Waals surface area contributed by atoms with Crippen LogP contribution in [0.15, 0.2) is 59.2 Å². The molecule has 132 valence electrons. The van der Waals surface area contributed by atoms with Gasteiger partial charge in [0.25, 0.3) is 11.6 Å². The van der Waals surface area contributed by atoms with Crippen LogP contribution >= 0.6 is 0 Å². The zero-order valence-corrected chi connectivity index (χ0v) is 13.8.